The molecule has 0 atom stereocenters. The molecule has 2 aromatic heterocycles. The molecule has 0 radical (unpaired) electrons. The standard InChI is InChI=1S/C17H24N2O4S/c1-4-6-7-22-8-9-23-15(20)11-19-12(3)18-16-14(17(19)21)10-13(5-2)24-16/h10H,4-9,11H2,1-3H3. The topological polar surface area (TPSA) is 70.4 Å². The highest BCUT2D eigenvalue weighted by atomic mass is 32.1. The van der Waals surface area contributed by atoms with Gasteiger partial charge in [-0.1, -0.05) is 20.3 Å². The van der Waals surface area contributed by atoms with Crippen molar-refractivity contribution in [2.45, 2.75) is 46.6 Å². The summed E-state index contributed by atoms with van der Waals surface area (Å²) in [4.78, 5) is 30.8. The summed E-state index contributed by atoms with van der Waals surface area (Å²) in [5.41, 5.74) is -0.190. The number of carbonyl (C=O) groups is 1. The first-order chi connectivity index (χ1) is 11.6. The van der Waals surface area contributed by atoms with E-state index in [-0.39, 0.29) is 18.7 Å². The van der Waals surface area contributed by atoms with Crippen molar-refractivity contribution in [3.63, 3.8) is 0 Å². The summed E-state index contributed by atoms with van der Waals surface area (Å²) in [7, 11) is 0. The van der Waals surface area contributed by atoms with E-state index in [0.29, 0.717) is 24.4 Å². The normalized spacial score (nSPS) is 11.1. The highest BCUT2D eigenvalue weighted by Gasteiger charge is 2.14. The molecule has 2 aromatic rings. The third-order valence-electron chi connectivity index (χ3n) is 3.66. The zero-order valence-corrected chi connectivity index (χ0v) is 15.3. The fourth-order valence-electron chi connectivity index (χ4n) is 2.27. The first-order valence-electron chi connectivity index (χ1n) is 8.30. The van der Waals surface area contributed by atoms with Crippen LogP contribution in [0.3, 0.4) is 0 Å². The Morgan fingerprint density at radius 3 is 2.79 bits per heavy atom. The van der Waals surface area contributed by atoms with E-state index in [0.717, 1.165) is 29.0 Å². The number of carbonyl (C=O) groups excluding carboxylic acids is 1. The van der Waals surface area contributed by atoms with Crippen LogP contribution in [-0.4, -0.2) is 35.3 Å². The van der Waals surface area contributed by atoms with E-state index in [2.05, 4.69) is 11.9 Å². The summed E-state index contributed by atoms with van der Waals surface area (Å²) in [6, 6.07) is 1.86. The van der Waals surface area contributed by atoms with Gasteiger partial charge in [0.2, 0.25) is 0 Å². The molecule has 0 saturated carbocycles. The monoisotopic (exact) mass is 352 g/mol. The van der Waals surface area contributed by atoms with E-state index < -0.39 is 5.97 Å². The van der Waals surface area contributed by atoms with Crippen LogP contribution in [0.2, 0.25) is 0 Å². The molecule has 2 rings (SSSR count). The van der Waals surface area contributed by atoms with Gasteiger partial charge in [0.1, 0.15) is 23.8 Å². The highest BCUT2D eigenvalue weighted by molar-refractivity contribution is 7.18. The van der Waals surface area contributed by atoms with Gasteiger partial charge in [-0.3, -0.25) is 14.2 Å². The van der Waals surface area contributed by atoms with E-state index in [1.807, 2.05) is 13.0 Å². The number of rotatable bonds is 9. The number of nitrogens with zero attached hydrogens (tertiary/aromatic N) is 2. The van der Waals surface area contributed by atoms with E-state index in [9.17, 15) is 9.59 Å². The summed E-state index contributed by atoms with van der Waals surface area (Å²) in [6.45, 7) is 6.98. The molecule has 132 valence electrons. The van der Waals surface area contributed by atoms with Crippen LogP contribution in [0.4, 0.5) is 0 Å². The molecule has 0 unspecified atom stereocenters. The second-order valence-corrected chi connectivity index (χ2v) is 6.64. The van der Waals surface area contributed by atoms with Gasteiger partial charge in [-0.2, -0.15) is 0 Å². The van der Waals surface area contributed by atoms with Crippen molar-refractivity contribution >= 4 is 27.5 Å². The van der Waals surface area contributed by atoms with Crippen molar-refractivity contribution in [2.75, 3.05) is 19.8 Å². The second-order valence-electron chi connectivity index (χ2n) is 5.52. The maximum Gasteiger partial charge on any atom is 0.326 e. The minimum Gasteiger partial charge on any atom is -0.462 e. The van der Waals surface area contributed by atoms with E-state index >= 15 is 0 Å². The van der Waals surface area contributed by atoms with Gasteiger partial charge in [-0.05, 0) is 25.8 Å². The van der Waals surface area contributed by atoms with Crippen molar-refractivity contribution in [1.29, 1.82) is 0 Å². The van der Waals surface area contributed by atoms with Crippen LogP contribution < -0.4 is 5.56 Å². The molecule has 0 spiro atoms. The second kappa shape index (κ2) is 8.94. The zero-order valence-electron chi connectivity index (χ0n) is 14.5. The van der Waals surface area contributed by atoms with Crippen molar-refractivity contribution < 1.29 is 14.3 Å². The first-order valence-corrected chi connectivity index (χ1v) is 9.11. The zero-order chi connectivity index (χ0) is 17.5. The lowest BCUT2D eigenvalue weighted by molar-refractivity contribution is -0.146. The number of esters is 1. The Morgan fingerprint density at radius 2 is 2.08 bits per heavy atom. The minimum atomic E-state index is -0.452. The van der Waals surface area contributed by atoms with Gasteiger partial charge in [-0.15, -0.1) is 11.3 Å². The van der Waals surface area contributed by atoms with Gasteiger partial charge in [0, 0.05) is 11.5 Å². The maximum absolute atomic E-state index is 12.6. The average Bonchev–Trinajstić information content (AvgIpc) is 2.98. The molecule has 0 N–H and O–H groups in total. The van der Waals surface area contributed by atoms with Crippen LogP contribution in [0.5, 0.6) is 0 Å². The SMILES string of the molecule is CCCCOCCOC(=O)Cn1c(C)nc2sc(CC)cc2c1=O. The Balaban J connectivity index is 1.99. The first kappa shape index (κ1) is 18.6. The molecule has 0 bridgehead atoms. The number of aromatic nitrogens is 2. The average molecular weight is 352 g/mol. The summed E-state index contributed by atoms with van der Waals surface area (Å²) >= 11 is 1.52. The van der Waals surface area contributed by atoms with Gasteiger partial charge in [-0.25, -0.2) is 4.98 Å². The predicted molar refractivity (Wildman–Crippen MR) is 94.7 cm³/mol. The van der Waals surface area contributed by atoms with E-state index in [1.54, 1.807) is 6.92 Å². The lowest BCUT2D eigenvalue weighted by atomic mass is 10.3. The van der Waals surface area contributed by atoms with E-state index in [1.165, 1.54) is 15.9 Å². The summed E-state index contributed by atoms with van der Waals surface area (Å²) < 4.78 is 11.8. The molecule has 6 nitrogen and oxygen atoms in total. The molecular weight excluding hydrogens is 328 g/mol. The number of aryl methyl sites for hydroxylation is 2. The van der Waals surface area contributed by atoms with Crippen molar-refractivity contribution in [1.82, 2.24) is 9.55 Å². The fourth-order valence-corrected chi connectivity index (χ4v) is 3.27. The third kappa shape index (κ3) is 4.64. The minimum absolute atomic E-state index is 0.125. The Bertz CT molecular complexity index is 751. The number of hydrogen-bond donors (Lipinski definition) is 0. The molecule has 2 heterocycles. The molecule has 0 saturated heterocycles. The fraction of sp³-hybridized carbons (Fsp3) is 0.588. The Morgan fingerprint density at radius 1 is 1.29 bits per heavy atom. The van der Waals surface area contributed by atoms with Gasteiger partial charge in [0.05, 0.1) is 12.0 Å². The summed E-state index contributed by atoms with van der Waals surface area (Å²) in [6.07, 6.45) is 2.92. The molecule has 0 amide bonds. The number of unbranched alkanes of at least 4 members (excludes halogenated alkanes) is 1. The lowest BCUT2D eigenvalue weighted by Gasteiger charge is -2.09. The van der Waals surface area contributed by atoms with Gasteiger partial charge < -0.3 is 9.47 Å². The third-order valence-corrected chi connectivity index (χ3v) is 4.83. The Hall–Kier alpha value is -1.73. The van der Waals surface area contributed by atoms with Crippen molar-refractivity contribution in [2.24, 2.45) is 0 Å². The van der Waals surface area contributed by atoms with Crippen LogP contribution >= 0.6 is 11.3 Å². The number of thiophene rings is 1. The number of fused-ring (bicyclic) bond motifs is 1. The molecule has 0 aromatic carbocycles. The summed E-state index contributed by atoms with van der Waals surface area (Å²) in [5, 5.41) is 0.568. The Kier molecular flexibility index (Phi) is 6.93. The number of hydrogen-bond acceptors (Lipinski definition) is 6. The smallest absolute Gasteiger partial charge is 0.326 e. The largest absolute Gasteiger partial charge is 0.462 e. The molecule has 24 heavy (non-hydrogen) atoms. The van der Waals surface area contributed by atoms with Crippen LogP contribution in [0, 0.1) is 6.92 Å². The van der Waals surface area contributed by atoms with Crippen LogP contribution in [0.25, 0.3) is 10.2 Å². The molecule has 0 fully saturated rings. The van der Waals surface area contributed by atoms with Gasteiger partial charge in [0.25, 0.3) is 5.56 Å². The molecular formula is C17H24N2O4S. The molecule has 0 aliphatic rings. The van der Waals surface area contributed by atoms with Gasteiger partial charge >= 0.3 is 5.97 Å². The van der Waals surface area contributed by atoms with Crippen LogP contribution in [0.15, 0.2) is 10.9 Å². The summed E-state index contributed by atoms with van der Waals surface area (Å²) in [5.74, 6) is 0.0690. The predicted octanol–water partition coefficient (Wildman–Crippen LogP) is 2.69. The number of ether oxygens (including phenoxy) is 2. The van der Waals surface area contributed by atoms with E-state index in [4.69, 9.17) is 9.47 Å². The maximum atomic E-state index is 12.6. The lowest BCUT2D eigenvalue weighted by Crippen LogP contribution is -2.28. The van der Waals surface area contributed by atoms with Crippen molar-refractivity contribution in [3.05, 3.63) is 27.1 Å². The van der Waals surface area contributed by atoms with Crippen LogP contribution in [-0.2, 0) is 27.2 Å². The quantitative estimate of drug-likeness (QED) is 0.513. The highest BCUT2D eigenvalue weighted by Crippen LogP contribution is 2.21. The van der Waals surface area contributed by atoms with Crippen LogP contribution in [0.1, 0.15) is 37.4 Å². The molecule has 7 heteroatoms. The van der Waals surface area contributed by atoms with Crippen molar-refractivity contribution in [3.8, 4) is 0 Å². The molecule has 0 aliphatic heterocycles. The van der Waals surface area contributed by atoms with Gasteiger partial charge in [0.15, 0.2) is 0 Å². The Labute approximate surface area is 145 Å². The molecule has 0 aliphatic carbocycles.